The molecule has 0 radical (unpaired) electrons. The molecule has 1 unspecified atom stereocenters. The zero-order valence-electron chi connectivity index (χ0n) is 11.1. The van der Waals surface area contributed by atoms with Crippen LogP contribution in [0.1, 0.15) is 24.1 Å². The molecule has 0 fully saturated rings. The summed E-state index contributed by atoms with van der Waals surface area (Å²) in [4.78, 5) is 24.7. The van der Waals surface area contributed by atoms with E-state index in [0.29, 0.717) is 6.54 Å². The number of hydrogen-bond donors (Lipinski definition) is 3. The Balaban J connectivity index is 1.74. The minimum Gasteiger partial charge on any atom is -0.306 e. The first-order valence-corrected chi connectivity index (χ1v) is 6.41. The van der Waals surface area contributed by atoms with E-state index in [1.807, 2.05) is 18.2 Å². The van der Waals surface area contributed by atoms with Crippen molar-refractivity contribution in [2.24, 2.45) is 0 Å². The molecule has 0 aliphatic carbocycles. The van der Waals surface area contributed by atoms with Gasteiger partial charge in [-0.1, -0.05) is 6.07 Å². The van der Waals surface area contributed by atoms with Crippen LogP contribution in [-0.4, -0.2) is 19.9 Å². The molecular formula is C14H15N5O. The Labute approximate surface area is 115 Å². The van der Waals surface area contributed by atoms with Crippen LogP contribution < -0.4 is 11.0 Å². The van der Waals surface area contributed by atoms with Gasteiger partial charge in [-0.3, -0.25) is 0 Å². The van der Waals surface area contributed by atoms with Crippen molar-refractivity contribution in [1.29, 1.82) is 0 Å². The normalized spacial score (nSPS) is 12.7. The van der Waals surface area contributed by atoms with E-state index >= 15 is 0 Å². The first-order chi connectivity index (χ1) is 9.72. The largest absolute Gasteiger partial charge is 0.323 e. The highest BCUT2D eigenvalue weighted by atomic mass is 16.1. The van der Waals surface area contributed by atoms with Crippen LogP contribution >= 0.6 is 0 Å². The molecule has 1 aromatic carbocycles. The zero-order chi connectivity index (χ0) is 13.9. The topological polar surface area (TPSA) is 86.5 Å². The van der Waals surface area contributed by atoms with Crippen LogP contribution in [0.2, 0.25) is 0 Å². The summed E-state index contributed by atoms with van der Waals surface area (Å²) >= 11 is 0. The van der Waals surface area contributed by atoms with Gasteiger partial charge in [0.25, 0.3) is 0 Å². The average molecular weight is 269 g/mol. The Kier molecular flexibility index (Phi) is 3.30. The molecule has 3 rings (SSSR count). The van der Waals surface area contributed by atoms with Crippen LogP contribution in [-0.2, 0) is 6.54 Å². The van der Waals surface area contributed by atoms with Crippen LogP contribution in [0.3, 0.4) is 0 Å². The van der Waals surface area contributed by atoms with Gasteiger partial charge in [-0.2, -0.15) is 0 Å². The quantitative estimate of drug-likeness (QED) is 0.670. The third-order valence-corrected chi connectivity index (χ3v) is 3.27. The summed E-state index contributed by atoms with van der Waals surface area (Å²) in [5, 5.41) is 3.40. The van der Waals surface area contributed by atoms with Crippen molar-refractivity contribution >= 4 is 11.0 Å². The SMILES string of the molecule is CC(NCc1cncnc1)c1ccc2[nH]c(=O)[nH]c2c1. The van der Waals surface area contributed by atoms with Crippen molar-refractivity contribution in [3.8, 4) is 0 Å². The smallest absolute Gasteiger partial charge is 0.306 e. The van der Waals surface area contributed by atoms with Crippen LogP contribution in [0.4, 0.5) is 0 Å². The summed E-state index contributed by atoms with van der Waals surface area (Å²) < 4.78 is 0. The van der Waals surface area contributed by atoms with Gasteiger partial charge in [-0.15, -0.1) is 0 Å². The lowest BCUT2D eigenvalue weighted by Crippen LogP contribution is -2.18. The zero-order valence-corrected chi connectivity index (χ0v) is 11.1. The molecule has 0 bridgehead atoms. The number of benzene rings is 1. The van der Waals surface area contributed by atoms with Gasteiger partial charge < -0.3 is 15.3 Å². The molecule has 0 saturated heterocycles. The van der Waals surface area contributed by atoms with E-state index in [-0.39, 0.29) is 11.7 Å². The molecule has 0 amide bonds. The van der Waals surface area contributed by atoms with Crippen molar-refractivity contribution in [2.75, 3.05) is 0 Å². The number of aromatic nitrogens is 4. The monoisotopic (exact) mass is 269 g/mol. The molecule has 102 valence electrons. The fourth-order valence-electron chi connectivity index (χ4n) is 2.13. The standard InChI is InChI=1S/C14H15N5O/c1-9(17-7-10-5-15-8-16-6-10)11-2-3-12-13(4-11)19-14(20)18-12/h2-6,8-9,17H,7H2,1H3,(H2,18,19,20). The summed E-state index contributed by atoms with van der Waals surface area (Å²) in [6.45, 7) is 2.78. The van der Waals surface area contributed by atoms with E-state index in [4.69, 9.17) is 0 Å². The van der Waals surface area contributed by atoms with Gasteiger partial charge in [0, 0.05) is 30.5 Å². The number of nitrogens with one attached hydrogen (secondary N) is 3. The second-order valence-corrected chi connectivity index (χ2v) is 4.73. The van der Waals surface area contributed by atoms with E-state index in [0.717, 1.165) is 22.2 Å². The average Bonchev–Trinajstić information content (AvgIpc) is 2.85. The fourth-order valence-corrected chi connectivity index (χ4v) is 2.13. The number of imidazole rings is 1. The van der Waals surface area contributed by atoms with E-state index in [2.05, 4.69) is 32.2 Å². The number of rotatable bonds is 4. The lowest BCUT2D eigenvalue weighted by Gasteiger charge is -2.14. The predicted octanol–water partition coefficient (Wildman–Crippen LogP) is 1.50. The second-order valence-electron chi connectivity index (χ2n) is 4.73. The molecule has 0 spiro atoms. The van der Waals surface area contributed by atoms with Crippen molar-refractivity contribution in [1.82, 2.24) is 25.3 Å². The van der Waals surface area contributed by atoms with E-state index < -0.39 is 0 Å². The third kappa shape index (κ3) is 2.60. The number of aromatic amines is 2. The van der Waals surface area contributed by atoms with Gasteiger partial charge in [-0.05, 0) is 24.6 Å². The number of H-pyrrole nitrogens is 2. The fraction of sp³-hybridized carbons (Fsp3) is 0.214. The minimum atomic E-state index is -0.181. The lowest BCUT2D eigenvalue weighted by atomic mass is 10.1. The molecule has 6 heteroatoms. The van der Waals surface area contributed by atoms with E-state index in [1.54, 1.807) is 12.4 Å². The van der Waals surface area contributed by atoms with Crippen LogP contribution in [0.25, 0.3) is 11.0 Å². The van der Waals surface area contributed by atoms with Crippen molar-refractivity contribution in [3.63, 3.8) is 0 Å². The molecule has 0 saturated carbocycles. The van der Waals surface area contributed by atoms with Crippen molar-refractivity contribution in [2.45, 2.75) is 19.5 Å². The summed E-state index contributed by atoms with van der Waals surface area (Å²) in [7, 11) is 0. The molecule has 2 aromatic heterocycles. The molecule has 3 aromatic rings. The summed E-state index contributed by atoms with van der Waals surface area (Å²) in [6, 6.07) is 6.06. The number of fused-ring (bicyclic) bond motifs is 1. The Morgan fingerprint density at radius 2 is 1.95 bits per heavy atom. The third-order valence-electron chi connectivity index (χ3n) is 3.27. The maximum Gasteiger partial charge on any atom is 0.323 e. The summed E-state index contributed by atoms with van der Waals surface area (Å²) in [6.07, 6.45) is 5.10. The minimum absolute atomic E-state index is 0.165. The molecule has 6 nitrogen and oxygen atoms in total. The van der Waals surface area contributed by atoms with Crippen LogP contribution in [0.15, 0.2) is 41.7 Å². The van der Waals surface area contributed by atoms with Gasteiger partial charge in [0.1, 0.15) is 6.33 Å². The van der Waals surface area contributed by atoms with Crippen LogP contribution in [0.5, 0.6) is 0 Å². The lowest BCUT2D eigenvalue weighted by molar-refractivity contribution is 0.573. The van der Waals surface area contributed by atoms with E-state index in [9.17, 15) is 4.79 Å². The Hall–Kier alpha value is -2.47. The summed E-state index contributed by atoms with van der Waals surface area (Å²) in [5.41, 5.74) is 3.62. The van der Waals surface area contributed by atoms with Gasteiger partial charge in [0.2, 0.25) is 0 Å². The maximum atomic E-state index is 11.2. The maximum absolute atomic E-state index is 11.2. The highest BCUT2D eigenvalue weighted by Gasteiger charge is 2.07. The Morgan fingerprint density at radius 1 is 1.20 bits per heavy atom. The second kappa shape index (κ2) is 5.26. The predicted molar refractivity (Wildman–Crippen MR) is 76.2 cm³/mol. The first kappa shape index (κ1) is 12.6. The molecule has 3 N–H and O–H groups in total. The van der Waals surface area contributed by atoms with Gasteiger partial charge in [-0.25, -0.2) is 14.8 Å². The molecule has 0 aliphatic rings. The molecule has 0 aliphatic heterocycles. The summed E-state index contributed by atoms with van der Waals surface area (Å²) in [5.74, 6) is 0. The molecule has 1 atom stereocenters. The van der Waals surface area contributed by atoms with Gasteiger partial charge >= 0.3 is 5.69 Å². The van der Waals surface area contributed by atoms with Crippen molar-refractivity contribution < 1.29 is 0 Å². The highest BCUT2D eigenvalue weighted by Crippen LogP contribution is 2.17. The molecule has 20 heavy (non-hydrogen) atoms. The highest BCUT2D eigenvalue weighted by molar-refractivity contribution is 5.75. The first-order valence-electron chi connectivity index (χ1n) is 6.41. The van der Waals surface area contributed by atoms with Crippen molar-refractivity contribution in [3.05, 3.63) is 58.5 Å². The molecular weight excluding hydrogens is 254 g/mol. The number of hydrogen-bond acceptors (Lipinski definition) is 4. The molecule has 2 heterocycles. The van der Waals surface area contributed by atoms with Gasteiger partial charge in [0.05, 0.1) is 11.0 Å². The van der Waals surface area contributed by atoms with Gasteiger partial charge in [0.15, 0.2) is 0 Å². The Bertz CT molecular complexity index is 762. The number of nitrogens with zero attached hydrogens (tertiary/aromatic N) is 2. The van der Waals surface area contributed by atoms with E-state index in [1.165, 1.54) is 6.33 Å². The Morgan fingerprint density at radius 3 is 2.75 bits per heavy atom. The van der Waals surface area contributed by atoms with Crippen LogP contribution in [0, 0.1) is 0 Å².